The van der Waals surface area contributed by atoms with Crippen LogP contribution < -0.4 is 14.2 Å². The van der Waals surface area contributed by atoms with Gasteiger partial charge >= 0.3 is 0 Å². The van der Waals surface area contributed by atoms with Crippen LogP contribution in [0.5, 0.6) is 17.2 Å². The van der Waals surface area contributed by atoms with Crippen LogP contribution in [0.15, 0.2) is 18.2 Å². The first-order valence-corrected chi connectivity index (χ1v) is 6.75. The van der Waals surface area contributed by atoms with Crippen LogP contribution >= 0.6 is 15.9 Å². The number of ether oxygens (including phenoxy) is 3. The Kier molecular flexibility index (Phi) is 3.82. The molecule has 0 atom stereocenters. The van der Waals surface area contributed by atoms with Gasteiger partial charge in [-0.05, 0) is 12.8 Å². The van der Waals surface area contributed by atoms with Crippen LogP contribution in [0.1, 0.15) is 12.8 Å². The van der Waals surface area contributed by atoms with E-state index in [1.165, 1.54) is 12.8 Å². The van der Waals surface area contributed by atoms with Gasteiger partial charge in [0.25, 0.3) is 0 Å². The first-order valence-electron chi connectivity index (χ1n) is 5.63. The van der Waals surface area contributed by atoms with Gasteiger partial charge in [0.05, 0.1) is 20.8 Å². The van der Waals surface area contributed by atoms with Crippen LogP contribution in [0.4, 0.5) is 0 Å². The molecule has 1 aromatic carbocycles. The van der Waals surface area contributed by atoms with E-state index in [4.69, 9.17) is 14.2 Å². The van der Waals surface area contributed by atoms with E-state index in [9.17, 15) is 0 Å². The highest BCUT2D eigenvalue weighted by Gasteiger charge is 2.42. The molecule has 0 amide bonds. The molecule has 0 aromatic heterocycles. The third-order valence-electron chi connectivity index (χ3n) is 3.11. The minimum atomic E-state index is 0.344. The topological polar surface area (TPSA) is 27.7 Å². The molecule has 1 saturated carbocycles. The van der Waals surface area contributed by atoms with Gasteiger partial charge in [0, 0.05) is 28.9 Å². The largest absolute Gasteiger partial charge is 0.496 e. The molecule has 1 aliphatic rings. The van der Waals surface area contributed by atoms with Crippen LogP contribution in [0.2, 0.25) is 0 Å². The molecular formula is C13H17BrO3. The second-order valence-corrected chi connectivity index (χ2v) is 5.03. The van der Waals surface area contributed by atoms with Gasteiger partial charge in [0.15, 0.2) is 0 Å². The van der Waals surface area contributed by atoms with Crippen molar-refractivity contribution in [1.82, 2.24) is 0 Å². The smallest absolute Gasteiger partial charge is 0.126 e. The lowest BCUT2D eigenvalue weighted by atomic mass is 10.2. The van der Waals surface area contributed by atoms with Gasteiger partial charge < -0.3 is 14.2 Å². The zero-order chi connectivity index (χ0) is 12.3. The fourth-order valence-electron chi connectivity index (χ4n) is 1.59. The van der Waals surface area contributed by atoms with E-state index in [0.717, 1.165) is 29.2 Å². The third-order valence-corrected chi connectivity index (χ3v) is 4.30. The van der Waals surface area contributed by atoms with Gasteiger partial charge in [-0.3, -0.25) is 0 Å². The Hall–Kier alpha value is -0.900. The number of halogens is 1. The summed E-state index contributed by atoms with van der Waals surface area (Å²) in [4.78, 5) is 0. The van der Waals surface area contributed by atoms with Crippen molar-refractivity contribution in [3.63, 3.8) is 0 Å². The molecule has 2 rings (SSSR count). The Labute approximate surface area is 110 Å². The van der Waals surface area contributed by atoms with Crippen molar-refractivity contribution in [1.29, 1.82) is 0 Å². The number of benzene rings is 1. The number of hydrogen-bond acceptors (Lipinski definition) is 3. The predicted molar refractivity (Wildman–Crippen MR) is 70.5 cm³/mol. The molecular weight excluding hydrogens is 284 g/mol. The summed E-state index contributed by atoms with van der Waals surface area (Å²) in [7, 11) is 3.28. The minimum Gasteiger partial charge on any atom is -0.496 e. The lowest BCUT2D eigenvalue weighted by molar-refractivity contribution is 0.249. The minimum absolute atomic E-state index is 0.344. The molecule has 0 aliphatic heterocycles. The Morgan fingerprint density at radius 2 is 1.59 bits per heavy atom. The van der Waals surface area contributed by atoms with Crippen LogP contribution in [0.25, 0.3) is 0 Å². The summed E-state index contributed by atoms with van der Waals surface area (Å²) in [6.07, 6.45) is 2.47. The highest BCUT2D eigenvalue weighted by Crippen LogP contribution is 2.47. The summed E-state index contributed by atoms with van der Waals surface area (Å²) in [5, 5.41) is 1.00. The molecule has 0 N–H and O–H groups in total. The normalized spacial score (nSPS) is 16.4. The summed E-state index contributed by atoms with van der Waals surface area (Å²) in [6, 6.07) is 5.60. The van der Waals surface area contributed by atoms with Crippen molar-refractivity contribution < 1.29 is 14.2 Å². The molecule has 0 spiro atoms. The SMILES string of the molecule is COc1cc(OC)cc(OCC2(CBr)CC2)c1. The monoisotopic (exact) mass is 300 g/mol. The van der Waals surface area contributed by atoms with Gasteiger partial charge in [-0.2, -0.15) is 0 Å². The molecule has 94 valence electrons. The van der Waals surface area contributed by atoms with Gasteiger partial charge in [0.2, 0.25) is 0 Å². The van der Waals surface area contributed by atoms with Crippen molar-refractivity contribution in [2.45, 2.75) is 12.8 Å². The summed E-state index contributed by atoms with van der Waals surface area (Å²) < 4.78 is 16.2. The fourth-order valence-corrected chi connectivity index (χ4v) is 2.32. The van der Waals surface area contributed by atoms with Crippen molar-refractivity contribution in [3.05, 3.63) is 18.2 Å². The highest BCUT2D eigenvalue weighted by atomic mass is 79.9. The Balaban J connectivity index is 2.04. The first kappa shape index (κ1) is 12.6. The zero-order valence-corrected chi connectivity index (χ0v) is 11.7. The van der Waals surface area contributed by atoms with E-state index < -0.39 is 0 Å². The van der Waals surface area contributed by atoms with E-state index in [-0.39, 0.29) is 0 Å². The van der Waals surface area contributed by atoms with Gasteiger partial charge in [-0.25, -0.2) is 0 Å². The fraction of sp³-hybridized carbons (Fsp3) is 0.538. The van der Waals surface area contributed by atoms with Crippen LogP contribution in [-0.2, 0) is 0 Å². The molecule has 4 heteroatoms. The molecule has 3 nitrogen and oxygen atoms in total. The second kappa shape index (κ2) is 5.17. The molecule has 17 heavy (non-hydrogen) atoms. The molecule has 1 aliphatic carbocycles. The lowest BCUT2D eigenvalue weighted by Gasteiger charge is -2.14. The third kappa shape index (κ3) is 3.06. The average Bonchev–Trinajstić information content (AvgIpc) is 3.16. The zero-order valence-electron chi connectivity index (χ0n) is 10.2. The van der Waals surface area contributed by atoms with E-state index in [1.807, 2.05) is 18.2 Å². The van der Waals surface area contributed by atoms with E-state index in [2.05, 4.69) is 15.9 Å². The maximum Gasteiger partial charge on any atom is 0.126 e. The summed E-state index contributed by atoms with van der Waals surface area (Å²) in [6.45, 7) is 0.745. The van der Waals surface area contributed by atoms with Gasteiger partial charge in [-0.1, -0.05) is 15.9 Å². The van der Waals surface area contributed by atoms with Crippen LogP contribution in [-0.4, -0.2) is 26.2 Å². The second-order valence-electron chi connectivity index (χ2n) is 4.47. The van der Waals surface area contributed by atoms with E-state index in [0.29, 0.717) is 5.41 Å². The predicted octanol–water partition coefficient (Wildman–Crippen LogP) is 3.26. The van der Waals surface area contributed by atoms with Crippen LogP contribution in [0, 0.1) is 5.41 Å². The number of methoxy groups -OCH3 is 2. The van der Waals surface area contributed by atoms with Crippen LogP contribution in [0.3, 0.4) is 0 Å². The quantitative estimate of drug-likeness (QED) is 0.755. The molecule has 0 bridgehead atoms. The molecule has 0 radical (unpaired) electrons. The highest BCUT2D eigenvalue weighted by molar-refractivity contribution is 9.09. The van der Waals surface area contributed by atoms with Gasteiger partial charge in [-0.15, -0.1) is 0 Å². The number of rotatable bonds is 6. The van der Waals surface area contributed by atoms with Crippen molar-refractivity contribution >= 4 is 15.9 Å². The summed E-state index contributed by atoms with van der Waals surface area (Å²) in [5.74, 6) is 2.31. The van der Waals surface area contributed by atoms with E-state index in [1.54, 1.807) is 14.2 Å². The molecule has 0 heterocycles. The average molecular weight is 301 g/mol. The summed E-state index contributed by atoms with van der Waals surface area (Å²) in [5.41, 5.74) is 0.344. The molecule has 0 unspecified atom stereocenters. The molecule has 1 aromatic rings. The standard InChI is InChI=1S/C13H17BrO3/c1-15-10-5-11(16-2)7-12(6-10)17-9-13(8-14)3-4-13/h5-7H,3-4,8-9H2,1-2H3. The van der Waals surface area contributed by atoms with Gasteiger partial charge in [0.1, 0.15) is 17.2 Å². The summed E-state index contributed by atoms with van der Waals surface area (Å²) >= 11 is 3.53. The number of alkyl halides is 1. The Morgan fingerprint density at radius 3 is 2.00 bits per heavy atom. The Morgan fingerprint density at radius 1 is 1.06 bits per heavy atom. The molecule has 1 fully saturated rings. The Bertz CT molecular complexity index is 366. The lowest BCUT2D eigenvalue weighted by Crippen LogP contribution is -2.14. The maximum atomic E-state index is 5.82. The number of hydrogen-bond donors (Lipinski definition) is 0. The van der Waals surface area contributed by atoms with Crippen molar-refractivity contribution in [2.24, 2.45) is 5.41 Å². The maximum absolute atomic E-state index is 5.82. The van der Waals surface area contributed by atoms with Crippen molar-refractivity contribution in [3.8, 4) is 17.2 Å². The molecule has 0 saturated heterocycles. The van der Waals surface area contributed by atoms with E-state index >= 15 is 0 Å². The van der Waals surface area contributed by atoms with Crippen molar-refractivity contribution in [2.75, 3.05) is 26.2 Å². The first-order chi connectivity index (χ1) is 8.21.